The third-order valence-corrected chi connectivity index (χ3v) is 3.44. The van der Waals surface area contributed by atoms with Gasteiger partial charge in [0.15, 0.2) is 0 Å². The SMILES string of the molecule is CCN(CC)S(=O)(=O)NCC(C)(C)O. The van der Waals surface area contributed by atoms with Crippen molar-refractivity contribution in [2.75, 3.05) is 19.6 Å². The quantitative estimate of drug-likeness (QED) is 0.664. The molecule has 0 spiro atoms. The van der Waals surface area contributed by atoms with Crippen LogP contribution in [0.25, 0.3) is 0 Å². The average molecular weight is 224 g/mol. The van der Waals surface area contributed by atoms with Crippen LogP contribution in [-0.4, -0.2) is 43.1 Å². The molecule has 0 saturated heterocycles. The molecule has 0 rings (SSSR count). The van der Waals surface area contributed by atoms with Gasteiger partial charge < -0.3 is 5.11 Å². The highest BCUT2D eigenvalue weighted by Gasteiger charge is 2.21. The van der Waals surface area contributed by atoms with Crippen molar-refractivity contribution in [3.8, 4) is 0 Å². The maximum absolute atomic E-state index is 11.5. The minimum absolute atomic E-state index is 0.0197. The van der Waals surface area contributed by atoms with E-state index in [1.165, 1.54) is 4.31 Å². The Hall–Kier alpha value is -0.170. The second-order valence-corrected chi connectivity index (χ2v) is 5.48. The van der Waals surface area contributed by atoms with Crippen LogP contribution in [0.3, 0.4) is 0 Å². The van der Waals surface area contributed by atoms with E-state index < -0.39 is 15.8 Å². The minimum Gasteiger partial charge on any atom is -0.389 e. The molecule has 86 valence electrons. The lowest BCUT2D eigenvalue weighted by Crippen LogP contribution is -2.45. The average Bonchev–Trinajstić information content (AvgIpc) is 2.02. The molecule has 0 aromatic heterocycles. The summed E-state index contributed by atoms with van der Waals surface area (Å²) < 4.78 is 26.7. The van der Waals surface area contributed by atoms with E-state index in [1.807, 2.05) is 0 Å². The molecular formula is C8H20N2O3S. The van der Waals surface area contributed by atoms with E-state index in [2.05, 4.69) is 4.72 Å². The maximum Gasteiger partial charge on any atom is 0.279 e. The van der Waals surface area contributed by atoms with Crippen LogP contribution in [-0.2, 0) is 10.2 Å². The summed E-state index contributed by atoms with van der Waals surface area (Å²) in [6, 6.07) is 0. The fourth-order valence-electron chi connectivity index (χ4n) is 0.923. The summed E-state index contributed by atoms with van der Waals surface area (Å²) in [5, 5.41) is 9.36. The molecule has 0 aliphatic heterocycles. The first-order valence-corrected chi connectivity index (χ1v) is 6.14. The normalized spacial score (nSPS) is 13.6. The first-order chi connectivity index (χ1) is 6.23. The van der Waals surface area contributed by atoms with Crippen molar-refractivity contribution in [1.29, 1.82) is 0 Å². The van der Waals surface area contributed by atoms with Crippen LogP contribution in [0.1, 0.15) is 27.7 Å². The Labute approximate surface area is 86.3 Å². The molecule has 0 unspecified atom stereocenters. The number of hydrogen-bond donors (Lipinski definition) is 2. The Bertz CT molecular complexity index is 252. The Morgan fingerprint density at radius 1 is 1.29 bits per heavy atom. The fourth-order valence-corrected chi connectivity index (χ4v) is 2.32. The lowest BCUT2D eigenvalue weighted by Gasteiger charge is -2.22. The van der Waals surface area contributed by atoms with Crippen molar-refractivity contribution in [1.82, 2.24) is 9.03 Å². The van der Waals surface area contributed by atoms with Crippen molar-refractivity contribution in [2.24, 2.45) is 0 Å². The second kappa shape index (κ2) is 5.06. The number of rotatable bonds is 6. The molecule has 0 radical (unpaired) electrons. The van der Waals surface area contributed by atoms with E-state index in [9.17, 15) is 13.5 Å². The van der Waals surface area contributed by atoms with E-state index in [4.69, 9.17) is 0 Å². The van der Waals surface area contributed by atoms with Crippen LogP contribution in [0.5, 0.6) is 0 Å². The standard InChI is InChI=1S/C8H20N2O3S/c1-5-10(6-2)14(12,13)9-7-8(3,4)11/h9,11H,5-7H2,1-4H3. The van der Waals surface area contributed by atoms with E-state index >= 15 is 0 Å². The predicted molar refractivity (Wildman–Crippen MR) is 56.1 cm³/mol. The largest absolute Gasteiger partial charge is 0.389 e. The molecule has 0 aliphatic carbocycles. The van der Waals surface area contributed by atoms with Gasteiger partial charge in [0, 0.05) is 19.6 Å². The van der Waals surface area contributed by atoms with Gasteiger partial charge in [0.2, 0.25) is 0 Å². The van der Waals surface area contributed by atoms with E-state index in [-0.39, 0.29) is 6.54 Å². The Balaban J connectivity index is 4.35. The Morgan fingerprint density at radius 3 is 2.00 bits per heavy atom. The summed E-state index contributed by atoms with van der Waals surface area (Å²) in [4.78, 5) is 0. The summed E-state index contributed by atoms with van der Waals surface area (Å²) in [5.74, 6) is 0. The van der Waals surface area contributed by atoms with Crippen LogP contribution in [0.15, 0.2) is 0 Å². The van der Waals surface area contributed by atoms with Gasteiger partial charge in [0.05, 0.1) is 5.60 Å². The number of nitrogens with one attached hydrogen (secondary N) is 1. The Kier molecular flexibility index (Phi) is 5.00. The molecule has 0 aliphatic rings. The van der Waals surface area contributed by atoms with Gasteiger partial charge in [-0.2, -0.15) is 17.4 Å². The van der Waals surface area contributed by atoms with Gasteiger partial charge in [0.1, 0.15) is 0 Å². The minimum atomic E-state index is -3.43. The summed E-state index contributed by atoms with van der Waals surface area (Å²) in [7, 11) is -3.43. The number of nitrogens with zero attached hydrogens (tertiary/aromatic N) is 1. The van der Waals surface area contributed by atoms with Gasteiger partial charge in [-0.15, -0.1) is 0 Å². The molecule has 0 aromatic carbocycles. The Morgan fingerprint density at radius 2 is 1.71 bits per heavy atom. The zero-order chi connectivity index (χ0) is 11.4. The zero-order valence-electron chi connectivity index (χ0n) is 9.24. The highest BCUT2D eigenvalue weighted by Crippen LogP contribution is 2.01. The molecule has 0 amide bonds. The second-order valence-electron chi connectivity index (χ2n) is 3.72. The van der Waals surface area contributed by atoms with Crippen LogP contribution >= 0.6 is 0 Å². The maximum atomic E-state index is 11.5. The fraction of sp³-hybridized carbons (Fsp3) is 1.00. The number of aliphatic hydroxyl groups is 1. The predicted octanol–water partition coefficient (Wildman–Crippen LogP) is -0.0665. The van der Waals surface area contributed by atoms with Gasteiger partial charge in [-0.1, -0.05) is 13.8 Å². The van der Waals surface area contributed by atoms with Gasteiger partial charge in [-0.25, -0.2) is 0 Å². The molecule has 0 fully saturated rings. The van der Waals surface area contributed by atoms with Crippen molar-refractivity contribution in [2.45, 2.75) is 33.3 Å². The van der Waals surface area contributed by atoms with Crippen molar-refractivity contribution in [3.05, 3.63) is 0 Å². The molecule has 5 nitrogen and oxygen atoms in total. The summed E-state index contributed by atoms with van der Waals surface area (Å²) in [5.41, 5.74) is -1.03. The molecule has 0 saturated carbocycles. The zero-order valence-corrected chi connectivity index (χ0v) is 10.1. The van der Waals surface area contributed by atoms with Crippen LogP contribution < -0.4 is 4.72 Å². The van der Waals surface area contributed by atoms with Crippen molar-refractivity contribution in [3.63, 3.8) is 0 Å². The van der Waals surface area contributed by atoms with E-state index in [0.29, 0.717) is 13.1 Å². The highest BCUT2D eigenvalue weighted by atomic mass is 32.2. The lowest BCUT2D eigenvalue weighted by atomic mass is 10.1. The smallest absolute Gasteiger partial charge is 0.279 e. The van der Waals surface area contributed by atoms with Crippen molar-refractivity contribution >= 4 is 10.2 Å². The molecule has 6 heteroatoms. The van der Waals surface area contributed by atoms with E-state index in [1.54, 1.807) is 27.7 Å². The first kappa shape index (κ1) is 13.8. The van der Waals surface area contributed by atoms with Crippen LogP contribution in [0, 0.1) is 0 Å². The third-order valence-electron chi connectivity index (χ3n) is 1.73. The van der Waals surface area contributed by atoms with Gasteiger partial charge >= 0.3 is 0 Å². The third kappa shape index (κ3) is 4.90. The van der Waals surface area contributed by atoms with Crippen LogP contribution in [0.4, 0.5) is 0 Å². The van der Waals surface area contributed by atoms with Gasteiger partial charge in [-0.05, 0) is 13.8 Å². The molecule has 0 aromatic rings. The molecule has 0 atom stereocenters. The van der Waals surface area contributed by atoms with Crippen molar-refractivity contribution < 1.29 is 13.5 Å². The monoisotopic (exact) mass is 224 g/mol. The highest BCUT2D eigenvalue weighted by molar-refractivity contribution is 7.87. The summed E-state index contributed by atoms with van der Waals surface area (Å²) >= 11 is 0. The van der Waals surface area contributed by atoms with Crippen LogP contribution in [0.2, 0.25) is 0 Å². The first-order valence-electron chi connectivity index (χ1n) is 4.70. The summed E-state index contributed by atoms with van der Waals surface area (Å²) in [6.45, 7) is 7.52. The molecule has 2 N–H and O–H groups in total. The van der Waals surface area contributed by atoms with Gasteiger partial charge in [-0.3, -0.25) is 0 Å². The topological polar surface area (TPSA) is 69.6 Å². The summed E-state index contributed by atoms with van der Waals surface area (Å²) in [6.07, 6.45) is 0. The number of hydrogen-bond acceptors (Lipinski definition) is 3. The van der Waals surface area contributed by atoms with E-state index in [0.717, 1.165) is 0 Å². The molecule has 14 heavy (non-hydrogen) atoms. The molecule has 0 bridgehead atoms. The molecular weight excluding hydrogens is 204 g/mol. The molecule has 0 heterocycles. The van der Waals surface area contributed by atoms with Gasteiger partial charge in [0.25, 0.3) is 10.2 Å². The lowest BCUT2D eigenvalue weighted by molar-refractivity contribution is 0.0852.